The number of aryl methyl sites for hydroxylation is 4. The third kappa shape index (κ3) is 2.07. The van der Waals surface area contributed by atoms with E-state index in [-0.39, 0.29) is 0 Å². The molecule has 6 nitrogen and oxygen atoms in total. The number of hydrogen-bond donors (Lipinski definition) is 1. The molecule has 0 aromatic carbocycles. The van der Waals surface area contributed by atoms with Crippen molar-refractivity contribution in [3.63, 3.8) is 0 Å². The molecule has 2 N–H and O–H groups in total. The van der Waals surface area contributed by atoms with E-state index < -0.39 is 0 Å². The number of fused-ring (bicyclic) bond motifs is 1. The summed E-state index contributed by atoms with van der Waals surface area (Å²) >= 11 is 0. The fourth-order valence-corrected chi connectivity index (χ4v) is 2.61. The summed E-state index contributed by atoms with van der Waals surface area (Å²) in [6.07, 6.45) is 0. The van der Waals surface area contributed by atoms with Gasteiger partial charge in [0.15, 0.2) is 0 Å². The van der Waals surface area contributed by atoms with Gasteiger partial charge in [-0.25, -0.2) is 15.0 Å². The van der Waals surface area contributed by atoms with Gasteiger partial charge in [-0.2, -0.15) is 0 Å². The molecule has 3 rings (SSSR count). The largest absolute Gasteiger partial charge is 0.444 e. The van der Waals surface area contributed by atoms with Crippen LogP contribution in [0.4, 0.5) is 5.82 Å². The molecule has 0 aliphatic rings. The van der Waals surface area contributed by atoms with Gasteiger partial charge in [0.05, 0.1) is 11.1 Å². The second-order valence-electron chi connectivity index (χ2n) is 5.40. The molecule has 0 amide bonds. The number of nitrogens with zero attached hydrogens (tertiary/aromatic N) is 4. The Kier molecular flexibility index (Phi) is 2.97. The van der Waals surface area contributed by atoms with Crippen LogP contribution in [0.1, 0.15) is 34.4 Å². The van der Waals surface area contributed by atoms with E-state index in [1.807, 2.05) is 27.7 Å². The lowest BCUT2D eigenvalue weighted by Gasteiger charge is -2.05. The summed E-state index contributed by atoms with van der Waals surface area (Å²) in [6, 6.07) is 0. The fraction of sp³-hybridized carbons (Fsp3) is 0.400. The molecule has 0 saturated carbocycles. The molecule has 0 bridgehead atoms. The van der Waals surface area contributed by atoms with Gasteiger partial charge in [0.1, 0.15) is 29.6 Å². The van der Waals surface area contributed by atoms with E-state index in [4.69, 9.17) is 10.2 Å². The van der Waals surface area contributed by atoms with Crippen LogP contribution in [-0.4, -0.2) is 19.5 Å². The van der Waals surface area contributed by atoms with Crippen molar-refractivity contribution in [3.05, 3.63) is 34.4 Å². The summed E-state index contributed by atoms with van der Waals surface area (Å²) in [4.78, 5) is 13.2. The van der Waals surface area contributed by atoms with Gasteiger partial charge in [-0.1, -0.05) is 0 Å². The van der Waals surface area contributed by atoms with Crippen LogP contribution in [0.2, 0.25) is 0 Å². The third-order valence-electron chi connectivity index (χ3n) is 3.97. The Balaban J connectivity index is 2.20. The average molecular weight is 285 g/mol. The highest BCUT2D eigenvalue weighted by atomic mass is 16.4. The van der Waals surface area contributed by atoms with Crippen molar-refractivity contribution in [1.82, 2.24) is 19.5 Å². The maximum absolute atomic E-state index is 6.06. The number of aromatic nitrogens is 4. The first-order chi connectivity index (χ1) is 9.88. The van der Waals surface area contributed by atoms with Crippen LogP contribution >= 0.6 is 0 Å². The van der Waals surface area contributed by atoms with Crippen LogP contribution in [0.15, 0.2) is 4.42 Å². The maximum atomic E-state index is 6.06. The van der Waals surface area contributed by atoms with Gasteiger partial charge in [-0.05, 0) is 40.2 Å². The monoisotopic (exact) mass is 285 g/mol. The molecule has 0 unspecified atom stereocenters. The number of hydrogen-bond acceptors (Lipinski definition) is 5. The van der Waals surface area contributed by atoms with E-state index in [0.29, 0.717) is 24.1 Å². The third-order valence-corrected chi connectivity index (χ3v) is 3.97. The van der Waals surface area contributed by atoms with Gasteiger partial charge in [0.25, 0.3) is 0 Å². The van der Waals surface area contributed by atoms with E-state index in [1.54, 1.807) is 0 Å². The minimum atomic E-state index is 0.525. The van der Waals surface area contributed by atoms with Gasteiger partial charge in [0.2, 0.25) is 5.89 Å². The van der Waals surface area contributed by atoms with Gasteiger partial charge in [-0.3, -0.25) is 0 Å². The van der Waals surface area contributed by atoms with Crippen molar-refractivity contribution in [3.8, 4) is 0 Å². The highest BCUT2D eigenvalue weighted by Gasteiger charge is 2.18. The highest BCUT2D eigenvalue weighted by molar-refractivity contribution is 5.91. The van der Waals surface area contributed by atoms with Gasteiger partial charge in [0, 0.05) is 5.69 Å². The van der Waals surface area contributed by atoms with E-state index in [2.05, 4.69) is 26.4 Å². The number of anilines is 1. The van der Waals surface area contributed by atoms with Gasteiger partial charge in [-0.15, -0.1) is 0 Å². The Morgan fingerprint density at radius 1 is 1.05 bits per heavy atom. The molecule has 3 heterocycles. The molecule has 0 radical (unpaired) electrons. The van der Waals surface area contributed by atoms with Crippen molar-refractivity contribution in [2.24, 2.45) is 0 Å². The van der Waals surface area contributed by atoms with E-state index in [0.717, 1.165) is 33.7 Å². The lowest BCUT2D eigenvalue weighted by Crippen LogP contribution is -2.05. The van der Waals surface area contributed by atoms with E-state index >= 15 is 0 Å². The number of rotatable bonds is 2. The Morgan fingerprint density at radius 2 is 1.76 bits per heavy atom. The molecule has 0 fully saturated rings. The van der Waals surface area contributed by atoms with Crippen molar-refractivity contribution in [1.29, 1.82) is 0 Å². The zero-order valence-electron chi connectivity index (χ0n) is 13.0. The Hall–Kier alpha value is -2.37. The summed E-state index contributed by atoms with van der Waals surface area (Å²) < 4.78 is 7.77. The van der Waals surface area contributed by atoms with Crippen LogP contribution < -0.4 is 5.73 Å². The van der Waals surface area contributed by atoms with Crippen LogP contribution in [-0.2, 0) is 6.54 Å². The van der Waals surface area contributed by atoms with Crippen LogP contribution in [0.5, 0.6) is 0 Å². The molecule has 21 heavy (non-hydrogen) atoms. The summed E-state index contributed by atoms with van der Waals surface area (Å²) in [5.74, 6) is 2.72. The second kappa shape index (κ2) is 4.58. The summed E-state index contributed by atoms with van der Waals surface area (Å²) in [7, 11) is 0. The van der Waals surface area contributed by atoms with Crippen molar-refractivity contribution >= 4 is 16.9 Å². The predicted octanol–water partition coefficient (Wildman–Crippen LogP) is 2.59. The molecule has 3 aromatic heterocycles. The number of oxazole rings is 1. The normalized spacial score (nSPS) is 11.5. The zero-order chi connectivity index (χ0) is 15.3. The van der Waals surface area contributed by atoms with E-state index in [1.165, 1.54) is 0 Å². The summed E-state index contributed by atoms with van der Waals surface area (Å²) in [5, 5.41) is 0.915. The molecule has 0 spiro atoms. The van der Waals surface area contributed by atoms with Gasteiger partial charge >= 0.3 is 0 Å². The number of nitrogens with two attached hydrogens (primary N) is 1. The van der Waals surface area contributed by atoms with Crippen molar-refractivity contribution < 1.29 is 4.42 Å². The van der Waals surface area contributed by atoms with Crippen molar-refractivity contribution in [2.75, 3.05) is 5.73 Å². The Bertz CT molecular complexity index is 824. The smallest absolute Gasteiger partial charge is 0.214 e. The highest BCUT2D eigenvalue weighted by Crippen LogP contribution is 2.28. The summed E-state index contributed by atoms with van der Waals surface area (Å²) in [6.45, 7) is 10.3. The summed E-state index contributed by atoms with van der Waals surface area (Å²) in [5.41, 5.74) is 10.0. The molecule has 0 saturated heterocycles. The lowest BCUT2D eigenvalue weighted by atomic mass is 10.2. The first kappa shape index (κ1) is 13.6. The Morgan fingerprint density at radius 3 is 2.38 bits per heavy atom. The second-order valence-corrected chi connectivity index (χ2v) is 5.40. The molecule has 0 aliphatic heterocycles. The average Bonchev–Trinajstić information content (AvgIpc) is 2.83. The topological polar surface area (TPSA) is 82.8 Å². The predicted molar refractivity (Wildman–Crippen MR) is 81.2 cm³/mol. The van der Waals surface area contributed by atoms with E-state index in [9.17, 15) is 0 Å². The van der Waals surface area contributed by atoms with Gasteiger partial charge < -0.3 is 14.7 Å². The van der Waals surface area contributed by atoms with Crippen molar-refractivity contribution in [2.45, 2.75) is 41.2 Å². The SMILES string of the molecule is Cc1nc(N)c2c(C)c(C)n(Cc3nc(C)c(C)o3)c2n1. The zero-order valence-corrected chi connectivity index (χ0v) is 13.0. The Labute approximate surface area is 123 Å². The molecule has 110 valence electrons. The first-order valence-electron chi connectivity index (χ1n) is 6.91. The number of nitrogen functional groups attached to an aromatic ring is 1. The lowest BCUT2D eigenvalue weighted by molar-refractivity contribution is 0.457. The first-order valence-corrected chi connectivity index (χ1v) is 6.91. The standard InChI is InChI=1S/C15H19N5O/c1-7-9(3)20(6-12-17-8(2)10(4)21-12)15-13(7)14(16)18-11(5)19-15/h6H2,1-5H3,(H2,16,18,19). The van der Waals surface area contributed by atoms with Crippen LogP contribution in [0.3, 0.4) is 0 Å². The molecule has 0 atom stereocenters. The minimum absolute atomic E-state index is 0.525. The molecular formula is C15H19N5O. The fourth-order valence-electron chi connectivity index (χ4n) is 2.61. The molecule has 6 heteroatoms. The quantitative estimate of drug-likeness (QED) is 0.782. The maximum Gasteiger partial charge on any atom is 0.214 e. The van der Waals surface area contributed by atoms with Crippen LogP contribution in [0, 0.1) is 34.6 Å². The molecule has 0 aliphatic carbocycles. The molecular weight excluding hydrogens is 266 g/mol. The minimum Gasteiger partial charge on any atom is -0.444 e. The van der Waals surface area contributed by atoms with Crippen LogP contribution in [0.25, 0.3) is 11.0 Å². The molecule has 3 aromatic rings.